The van der Waals surface area contributed by atoms with Crippen LogP contribution in [0.5, 0.6) is 0 Å². The van der Waals surface area contributed by atoms with Gasteiger partial charge >= 0.3 is 0 Å². The highest BCUT2D eigenvalue weighted by Crippen LogP contribution is 2.20. The Kier molecular flexibility index (Phi) is 5.20. The van der Waals surface area contributed by atoms with E-state index in [1.54, 1.807) is 0 Å². The number of likely N-dealkylation sites (tertiary alicyclic amines) is 1. The van der Waals surface area contributed by atoms with Crippen molar-refractivity contribution in [3.63, 3.8) is 0 Å². The zero-order chi connectivity index (χ0) is 14.4. The minimum absolute atomic E-state index is 0.0576. The predicted octanol–water partition coefficient (Wildman–Crippen LogP) is 2.44. The molecule has 1 saturated heterocycles. The first-order valence-corrected chi connectivity index (χ1v) is 7.23. The molecule has 0 aliphatic carbocycles. The lowest BCUT2D eigenvalue weighted by molar-refractivity contribution is 0.0697. The lowest BCUT2D eigenvalue weighted by Gasteiger charge is -2.27. The number of aliphatic hydroxyl groups excluding tert-OH is 1. The topological polar surface area (TPSA) is 40.5 Å². The van der Waals surface area contributed by atoms with E-state index in [-0.39, 0.29) is 18.6 Å². The molecule has 0 aromatic heterocycles. The van der Waals surface area contributed by atoms with Crippen LogP contribution in [0.2, 0.25) is 0 Å². The van der Waals surface area contributed by atoms with E-state index >= 15 is 0 Å². The predicted molar refractivity (Wildman–Crippen MR) is 79.4 cm³/mol. The molecular weight excluding hydrogens is 250 g/mol. The summed E-state index contributed by atoms with van der Waals surface area (Å²) in [6.45, 7) is 2.75. The van der Waals surface area contributed by atoms with E-state index < -0.39 is 0 Å². The molecule has 3 nitrogen and oxygen atoms in total. The number of benzene rings is 1. The summed E-state index contributed by atoms with van der Waals surface area (Å²) in [4.78, 5) is 14.7. The third-order valence-electron chi connectivity index (χ3n) is 3.77. The summed E-state index contributed by atoms with van der Waals surface area (Å²) in [5, 5.41) is 8.82. The van der Waals surface area contributed by atoms with Crippen LogP contribution in [0.1, 0.15) is 48.5 Å². The molecule has 0 bridgehead atoms. The quantitative estimate of drug-likeness (QED) is 0.797. The van der Waals surface area contributed by atoms with Crippen molar-refractivity contribution in [2.75, 3.05) is 13.2 Å². The average Bonchev–Trinajstić information content (AvgIpc) is 2.69. The van der Waals surface area contributed by atoms with Gasteiger partial charge in [-0.25, -0.2) is 0 Å². The molecule has 1 aliphatic rings. The van der Waals surface area contributed by atoms with Crippen LogP contribution in [0.4, 0.5) is 0 Å². The molecule has 2 rings (SSSR count). The van der Waals surface area contributed by atoms with Gasteiger partial charge in [-0.3, -0.25) is 4.79 Å². The molecule has 1 amide bonds. The number of aliphatic hydroxyl groups is 1. The van der Waals surface area contributed by atoms with Crippen LogP contribution < -0.4 is 0 Å². The number of carbonyl (C=O) groups is 1. The van der Waals surface area contributed by atoms with Crippen LogP contribution in [0, 0.1) is 11.8 Å². The van der Waals surface area contributed by atoms with Crippen LogP contribution in [-0.4, -0.2) is 35.1 Å². The van der Waals surface area contributed by atoms with E-state index in [2.05, 4.69) is 18.8 Å². The lowest BCUT2D eigenvalue weighted by atomic mass is 10.1. The van der Waals surface area contributed by atoms with Crippen LogP contribution in [0.3, 0.4) is 0 Å². The van der Waals surface area contributed by atoms with Gasteiger partial charge in [-0.15, -0.1) is 0 Å². The molecule has 1 aromatic carbocycles. The normalized spacial score (nSPS) is 18.9. The van der Waals surface area contributed by atoms with Crippen molar-refractivity contribution in [3.05, 3.63) is 35.4 Å². The molecule has 1 aromatic rings. The minimum atomic E-state index is -0.192. The number of rotatable bonds is 1. The van der Waals surface area contributed by atoms with Gasteiger partial charge in [-0.05, 0) is 31.9 Å². The zero-order valence-corrected chi connectivity index (χ0v) is 11.9. The first-order valence-electron chi connectivity index (χ1n) is 7.23. The average molecular weight is 271 g/mol. The van der Waals surface area contributed by atoms with Gasteiger partial charge in [0.15, 0.2) is 0 Å². The molecule has 1 heterocycles. The third kappa shape index (κ3) is 3.40. The summed E-state index contributed by atoms with van der Waals surface area (Å²) < 4.78 is 0. The molecule has 0 spiro atoms. The molecule has 1 unspecified atom stereocenters. The Balaban J connectivity index is 2.28. The second kappa shape index (κ2) is 7.12. The zero-order valence-electron chi connectivity index (χ0n) is 11.9. The van der Waals surface area contributed by atoms with Gasteiger partial charge in [0.25, 0.3) is 5.91 Å². The lowest BCUT2D eigenvalue weighted by Crippen LogP contribution is -2.38. The number of amides is 1. The standard InChI is InChI=1S/C17H21NO2/c1-14-8-3-2-6-12-18(14)17(20)16-11-5-4-9-15(16)10-7-13-19/h4-5,9,11,14,19H,2-3,6,8,12-13H2,1H3. The van der Waals surface area contributed by atoms with Gasteiger partial charge < -0.3 is 10.0 Å². The van der Waals surface area contributed by atoms with E-state index in [1.807, 2.05) is 29.2 Å². The first kappa shape index (κ1) is 14.6. The minimum Gasteiger partial charge on any atom is -0.384 e. The fraction of sp³-hybridized carbons (Fsp3) is 0.471. The molecule has 20 heavy (non-hydrogen) atoms. The van der Waals surface area contributed by atoms with Crippen molar-refractivity contribution >= 4 is 5.91 Å². The monoisotopic (exact) mass is 271 g/mol. The molecule has 1 aliphatic heterocycles. The van der Waals surface area contributed by atoms with Crippen molar-refractivity contribution in [1.29, 1.82) is 0 Å². The van der Waals surface area contributed by atoms with E-state index in [1.165, 1.54) is 12.8 Å². The molecule has 106 valence electrons. The third-order valence-corrected chi connectivity index (χ3v) is 3.77. The Morgan fingerprint density at radius 1 is 1.35 bits per heavy atom. The number of hydrogen-bond donors (Lipinski definition) is 1. The fourth-order valence-corrected chi connectivity index (χ4v) is 2.64. The number of hydrogen-bond acceptors (Lipinski definition) is 2. The van der Waals surface area contributed by atoms with Gasteiger partial charge in [0.2, 0.25) is 0 Å². The second-order valence-electron chi connectivity index (χ2n) is 5.20. The first-order chi connectivity index (χ1) is 9.74. The Morgan fingerprint density at radius 2 is 2.15 bits per heavy atom. The largest absolute Gasteiger partial charge is 0.384 e. The SMILES string of the molecule is CC1CCCCCN1C(=O)c1ccccc1C#CCO. The summed E-state index contributed by atoms with van der Waals surface area (Å²) in [5.41, 5.74) is 1.34. The summed E-state index contributed by atoms with van der Waals surface area (Å²) in [6.07, 6.45) is 4.52. The van der Waals surface area contributed by atoms with Crippen LogP contribution in [0.25, 0.3) is 0 Å². The molecule has 1 fully saturated rings. The van der Waals surface area contributed by atoms with E-state index in [0.29, 0.717) is 11.1 Å². The van der Waals surface area contributed by atoms with Crippen molar-refractivity contribution < 1.29 is 9.90 Å². The van der Waals surface area contributed by atoms with E-state index in [9.17, 15) is 4.79 Å². The second-order valence-corrected chi connectivity index (χ2v) is 5.20. The Hall–Kier alpha value is -1.79. The maximum atomic E-state index is 12.7. The van der Waals surface area contributed by atoms with Gasteiger partial charge in [-0.1, -0.05) is 36.8 Å². The summed E-state index contributed by atoms with van der Waals surface area (Å²) >= 11 is 0. The Morgan fingerprint density at radius 3 is 2.95 bits per heavy atom. The van der Waals surface area contributed by atoms with Crippen molar-refractivity contribution in [1.82, 2.24) is 4.90 Å². The Labute approximate surface area is 120 Å². The van der Waals surface area contributed by atoms with Gasteiger partial charge in [-0.2, -0.15) is 0 Å². The van der Waals surface area contributed by atoms with Gasteiger partial charge in [0.05, 0.1) is 5.56 Å². The fourth-order valence-electron chi connectivity index (χ4n) is 2.64. The summed E-state index contributed by atoms with van der Waals surface area (Å²) in [6, 6.07) is 7.66. The summed E-state index contributed by atoms with van der Waals surface area (Å²) in [7, 11) is 0. The highest BCUT2D eigenvalue weighted by molar-refractivity contribution is 5.97. The number of nitrogens with zero attached hydrogens (tertiary/aromatic N) is 1. The molecule has 1 atom stereocenters. The van der Waals surface area contributed by atoms with E-state index in [0.717, 1.165) is 19.4 Å². The Bertz CT molecular complexity index is 527. The molecular formula is C17H21NO2. The molecule has 3 heteroatoms. The highest BCUT2D eigenvalue weighted by atomic mass is 16.2. The highest BCUT2D eigenvalue weighted by Gasteiger charge is 2.24. The number of carbonyl (C=O) groups excluding carboxylic acids is 1. The van der Waals surface area contributed by atoms with Crippen molar-refractivity contribution in [2.24, 2.45) is 0 Å². The van der Waals surface area contributed by atoms with Crippen molar-refractivity contribution in [3.8, 4) is 11.8 Å². The molecule has 1 N–H and O–H groups in total. The van der Waals surface area contributed by atoms with E-state index in [4.69, 9.17) is 5.11 Å². The maximum absolute atomic E-state index is 12.7. The molecule has 0 saturated carbocycles. The maximum Gasteiger partial charge on any atom is 0.255 e. The van der Waals surface area contributed by atoms with Crippen LogP contribution in [0.15, 0.2) is 24.3 Å². The molecule has 0 radical (unpaired) electrons. The van der Waals surface area contributed by atoms with Crippen LogP contribution in [-0.2, 0) is 0 Å². The van der Waals surface area contributed by atoms with Crippen LogP contribution >= 0.6 is 0 Å². The smallest absolute Gasteiger partial charge is 0.255 e. The van der Waals surface area contributed by atoms with Crippen molar-refractivity contribution in [2.45, 2.75) is 38.6 Å². The summed E-state index contributed by atoms with van der Waals surface area (Å²) in [5.74, 6) is 5.54. The van der Waals surface area contributed by atoms with Gasteiger partial charge in [0.1, 0.15) is 6.61 Å². The van der Waals surface area contributed by atoms with Gasteiger partial charge in [0, 0.05) is 18.2 Å².